The second-order valence-electron chi connectivity index (χ2n) is 6.93. The maximum Gasteiger partial charge on any atom is 0.275 e. The number of likely N-dealkylation sites (tertiary alicyclic amines) is 1. The van der Waals surface area contributed by atoms with Crippen LogP contribution in [0.5, 0.6) is 0 Å². The fraction of sp³-hybridized carbons (Fsp3) is 0.333. The summed E-state index contributed by atoms with van der Waals surface area (Å²) < 4.78 is 1.32. The van der Waals surface area contributed by atoms with Crippen LogP contribution in [0.15, 0.2) is 53.6 Å². The van der Waals surface area contributed by atoms with Crippen LogP contribution in [-0.4, -0.2) is 38.7 Å². The molecule has 0 radical (unpaired) electrons. The number of nitrogens with zero attached hydrogens (tertiary/aromatic N) is 4. The monoisotopic (exact) mass is 362 g/mol. The van der Waals surface area contributed by atoms with E-state index in [1.54, 1.807) is 18.5 Å². The van der Waals surface area contributed by atoms with E-state index in [0.717, 1.165) is 49.0 Å². The lowest BCUT2D eigenvalue weighted by atomic mass is 10.1. The van der Waals surface area contributed by atoms with E-state index in [0.29, 0.717) is 11.8 Å². The first-order chi connectivity index (χ1) is 13.2. The number of piperidine rings is 1. The minimum Gasteiger partial charge on any atom is -0.341 e. The van der Waals surface area contributed by atoms with Crippen molar-refractivity contribution in [3.8, 4) is 0 Å². The predicted octanol–water partition coefficient (Wildman–Crippen LogP) is 2.39. The first-order valence-corrected chi connectivity index (χ1v) is 9.38. The van der Waals surface area contributed by atoms with Crippen LogP contribution in [0, 0.1) is 0 Å². The van der Waals surface area contributed by atoms with E-state index in [-0.39, 0.29) is 18.0 Å². The van der Waals surface area contributed by atoms with Gasteiger partial charge in [-0.3, -0.25) is 14.6 Å². The third-order valence-electron chi connectivity index (χ3n) is 5.03. The lowest BCUT2D eigenvalue weighted by Crippen LogP contribution is -2.40. The lowest BCUT2D eigenvalue weighted by Gasteiger charge is -2.26. The molecule has 0 atom stereocenters. The number of benzene rings is 1. The molecule has 1 aliphatic heterocycles. The highest BCUT2D eigenvalue weighted by Gasteiger charge is 2.19. The topological polar surface area (TPSA) is 68.1 Å². The molecule has 0 spiro atoms. The highest BCUT2D eigenvalue weighted by molar-refractivity contribution is 5.84. The van der Waals surface area contributed by atoms with Crippen LogP contribution < -0.4 is 5.56 Å². The smallest absolute Gasteiger partial charge is 0.275 e. The summed E-state index contributed by atoms with van der Waals surface area (Å²) in [5.41, 5.74) is 1.58. The van der Waals surface area contributed by atoms with Gasteiger partial charge in [0.25, 0.3) is 5.56 Å². The Morgan fingerprint density at radius 2 is 1.78 bits per heavy atom. The largest absolute Gasteiger partial charge is 0.341 e. The van der Waals surface area contributed by atoms with Gasteiger partial charge in [-0.15, -0.1) is 0 Å². The molecule has 0 unspecified atom stereocenters. The van der Waals surface area contributed by atoms with Crippen LogP contribution in [0.2, 0.25) is 0 Å². The second kappa shape index (κ2) is 7.70. The summed E-state index contributed by atoms with van der Waals surface area (Å²) >= 11 is 0. The number of carbonyl (C=O) groups is 1. The Bertz CT molecular complexity index is 1010. The molecule has 1 saturated heterocycles. The van der Waals surface area contributed by atoms with Crippen molar-refractivity contribution in [3.63, 3.8) is 0 Å². The van der Waals surface area contributed by atoms with E-state index < -0.39 is 0 Å². The average molecular weight is 362 g/mol. The summed E-state index contributed by atoms with van der Waals surface area (Å²) in [4.78, 5) is 31.5. The zero-order valence-electron chi connectivity index (χ0n) is 15.2. The molecule has 3 aromatic rings. The number of hydrogen-bond acceptors (Lipinski definition) is 4. The van der Waals surface area contributed by atoms with Crippen molar-refractivity contribution >= 4 is 16.7 Å². The number of aromatic nitrogens is 3. The Labute approximate surface area is 157 Å². The summed E-state index contributed by atoms with van der Waals surface area (Å²) in [6, 6.07) is 11.3. The summed E-state index contributed by atoms with van der Waals surface area (Å²) in [5.74, 6) is -0.0353. The van der Waals surface area contributed by atoms with Gasteiger partial charge in [0.2, 0.25) is 5.91 Å². The molecule has 1 aliphatic rings. The van der Waals surface area contributed by atoms with Crippen LogP contribution >= 0.6 is 0 Å². The molecule has 1 aromatic carbocycles. The molecule has 0 saturated carbocycles. The zero-order chi connectivity index (χ0) is 18.6. The summed E-state index contributed by atoms with van der Waals surface area (Å²) in [6.45, 7) is 1.52. The number of rotatable bonds is 4. The van der Waals surface area contributed by atoms with Crippen molar-refractivity contribution in [1.82, 2.24) is 19.7 Å². The number of hydrogen-bond donors (Lipinski definition) is 0. The Morgan fingerprint density at radius 3 is 2.52 bits per heavy atom. The minimum absolute atomic E-state index is 0.0102. The highest BCUT2D eigenvalue weighted by atomic mass is 16.2. The third kappa shape index (κ3) is 3.74. The Kier molecular flexibility index (Phi) is 4.96. The Morgan fingerprint density at radius 1 is 1.00 bits per heavy atom. The molecule has 6 nitrogen and oxygen atoms in total. The molecule has 138 valence electrons. The van der Waals surface area contributed by atoms with Gasteiger partial charge in [0, 0.05) is 37.3 Å². The number of amides is 1. The van der Waals surface area contributed by atoms with Gasteiger partial charge in [-0.05, 0) is 37.0 Å². The molecule has 4 rings (SSSR count). The molecule has 0 aliphatic carbocycles. The van der Waals surface area contributed by atoms with Gasteiger partial charge in [0.1, 0.15) is 6.54 Å². The highest BCUT2D eigenvalue weighted by Crippen LogP contribution is 2.17. The van der Waals surface area contributed by atoms with Gasteiger partial charge < -0.3 is 4.90 Å². The van der Waals surface area contributed by atoms with Gasteiger partial charge in [-0.25, -0.2) is 4.68 Å². The fourth-order valence-corrected chi connectivity index (χ4v) is 3.61. The van der Waals surface area contributed by atoms with Gasteiger partial charge >= 0.3 is 0 Å². The van der Waals surface area contributed by atoms with Crippen molar-refractivity contribution in [3.05, 3.63) is 70.4 Å². The standard InChI is InChI=1S/C21H22N4O2/c26-20(24-11-4-1-5-12-24)15-25-21(27)18-9-3-2-8-17(18)19(23-25)13-16-7-6-10-22-14-16/h2-3,6-10,14H,1,4-5,11-13,15H2. The van der Waals surface area contributed by atoms with Crippen LogP contribution in [0.1, 0.15) is 30.5 Å². The first kappa shape index (κ1) is 17.4. The quantitative estimate of drug-likeness (QED) is 0.715. The summed E-state index contributed by atoms with van der Waals surface area (Å²) in [6.07, 6.45) is 7.30. The van der Waals surface area contributed by atoms with E-state index in [1.807, 2.05) is 35.2 Å². The minimum atomic E-state index is -0.217. The summed E-state index contributed by atoms with van der Waals surface area (Å²) in [7, 11) is 0. The molecule has 0 bridgehead atoms. The molecule has 2 aromatic heterocycles. The fourth-order valence-electron chi connectivity index (χ4n) is 3.61. The van der Waals surface area contributed by atoms with Crippen LogP contribution in [0.25, 0.3) is 10.8 Å². The predicted molar refractivity (Wildman–Crippen MR) is 103 cm³/mol. The van der Waals surface area contributed by atoms with Crippen molar-refractivity contribution in [2.24, 2.45) is 0 Å². The van der Waals surface area contributed by atoms with Crippen LogP contribution in [-0.2, 0) is 17.8 Å². The Hall–Kier alpha value is -3.02. The molecular weight excluding hydrogens is 340 g/mol. The van der Waals surface area contributed by atoms with Crippen molar-refractivity contribution in [2.75, 3.05) is 13.1 Å². The SMILES string of the molecule is O=C(Cn1nc(Cc2cccnc2)c2ccccc2c1=O)N1CCCCC1. The number of fused-ring (bicyclic) bond motifs is 1. The Balaban J connectivity index is 1.71. The first-order valence-electron chi connectivity index (χ1n) is 9.38. The van der Waals surface area contributed by atoms with E-state index >= 15 is 0 Å². The van der Waals surface area contributed by atoms with Crippen LogP contribution in [0.4, 0.5) is 0 Å². The molecule has 1 fully saturated rings. The van der Waals surface area contributed by atoms with Gasteiger partial charge in [0.05, 0.1) is 11.1 Å². The normalized spacial score (nSPS) is 14.4. The maximum absolute atomic E-state index is 12.9. The molecule has 3 heterocycles. The molecule has 27 heavy (non-hydrogen) atoms. The molecule has 0 N–H and O–H groups in total. The third-order valence-corrected chi connectivity index (χ3v) is 5.03. The van der Waals surface area contributed by atoms with Gasteiger partial charge in [-0.2, -0.15) is 5.10 Å². The van der Waals surface area contributed by atoms with Crippen molar-refractivity contribution in [1.29, 1.82) is 0 Å². The van der Waals surface area contributed by atoms with Crippen LogP contribution in [0.3, 0.4) is 0 Å². The van der Waals surface area contributed by atoms with Gasteiger partial charge in [0.15, 0.2) is 0 Å². The lowest BCUT2D eigenvalue weighted by molar-refractivity contribution is -0.133. The molecule has 1 amide bonds. The van der Waals surface area contributed by atoms with Crippen molar-refractivity contribution in [2.45, 2.75) is 32.2 Å². The van der Waals surface area contributed by atoms with Gasteiger partial charge in [-0.1, -0.05) is 24.3 Å². The van der Waals surface area contributed by atoms with E-state index in [9.17, 15) is 9.59 Å². The number of carbonyl (C=O) groups excluding carboxylic acids is 1. The zero-order valence-corrected chi connectivity index (χ0v) is 15.2. The maximum atomic E-state index is 12.9. The van der Waals surface area contributed by atoms with E-state index in [4.69, 9.17) is 0 Å². The average Bonchev–Trinajstić information content (AvgIpc) is 2.73. The molecular formula is C21H22N4O2. The summed E-state index contributed by atoms with van der Waals surface area (Å²) in [5, 5.41) is 5.98. The number of pyridine rings is 1. The van der Waals surface area contributed by atoms with Crippen molar-refractivity contribution < 1.29 is 4.79 Å². The second-order valence-corrected chi connectivity index (χ2v) is 6.93. The van der Waals surface area contributed by atoms with E-state index in [1.165, 1.54) is 4.68 Å². The molecule has 6 heteroatoms. The van der Waals surface area contributed by atoms with E-state index in [2.05, 4.69) is 10.1 Å².